The van der Waals surface area contributed by atoms with Gasteiger partial charge < -0.3 is 9.47 Å². The minimum Gasteiger partial charge on any atom is -0.493 e. The molecule has 2 rings (SSSR count). The molecule has 0 unspecified atom stereocenters. The van der Waals surface area contributed by atoms with Crippen molar-refractivity contribution in [2.24, 2.45) is 4.99 Å². The number of benzene rings is 2. The molecule has 0 heterocycles. The molecule has 0 spiro atoms. The van der Waals surface area contributed by atoms with E-state index in [4.69, 9.17) is 14.7 Å². The Labute approximate surface area is 138 Å². The largest absolute Gasteiger partial charge is 0.493 e. The number of ether oxygens (including phenoxy) is 2. The molecule has 0 aliphatic carbocycles. The van der Waals surface area contributed by atoms with Gasteiger partial charge >= 0.3 is 0 Å². The van der Waals surface area contributed by atoms with Crippen LogP contribution in [0.15, 0.2) is 58.4 Å². The zero-order valence-corrected chi connectivity index (χ0v) is 13.8. The molecule has 0 amide bonds. The molecule has 112 valence electrons. The SMILES string of the molecule is COc1ccccc1Oc1ccccc1SC(=NC#N)SC. The van der Waals surface area contributed by atoms with Gasteiger partial charge in [-0.05, 0) is 30.5 Å². The van der Waals surface area contributed by atoms with E-state index in [9.17, 15) is 0 Å². The average Bonchev–Trinajstić information content (AvgIpc) is 2.56. The average molecular weight is 330 g/mol. The molecule has 2 aromatic rings. The summed E-state index contributed by atoms with van der Waals surface area (Å²) >= 11 is 2.82. The van der Waals surface area contributed by atoms with Gasteiger partial charge in [-0.3, -0.25) is 0 Å². The number of para-hydroxylation sites is 3. The van der Waals surface area contributed by atoms with Gasteiger partial charge in [0.05, 0.1) is 12.0 Å². The molecule has 0 saturated carbocycles. The second-order valence-corrected chi connectivity index (χ2v) is 6.07. The number of hydrogen-bond donors (Lipinski definition) is 0. The van der Waals surface area contributed by atoms with E-state index in [0.717, 1.165) is 4.90 Å². The highest BCUT2D eigenvalue weighted by atomic mass is 32.2. The van der Waals surface area contributed by atoms with Crippen LogP contribution >= 0.6 is 23.5 Å². The second kappa shape index (κ2) is 8.37. The maximum absolute atomic E-state index is 8.71. The Kier molecular flexibility index (Phi) is 6.19. The fourth-order valence-electron chi connectivity index (χ4n) is 1.69. The van der Waals surface area contributed by atoms with E-state index in [2.05, 4.69) is 4.99 Å². The summed E-state index contributed by atoms with van der Waals surface area (Å²) in [6.07, 6.45) is 3.69. The Bertz CT molecular complexity index is 711. The highest BCUT2D eigenvalue weighted by Gasteiger charge is 2.11. The van der Waals surface area contributed by atoms with Gasteiger partial charge in [0.1, 0.15) is 10.1 Å². The smallest absolute Gasteiger partial charge is 0.207 e. The number of methoxy groups -OCH3 is 1. The molecule has 6 heteroatoms. The summed E-state index contributed by atoms with van der Waals surface area (Å²) in [5.41, 5.74) is 0. The quantitative estimate of drug-likeness (QED) is 0.349. The van der Waals surface area contributed by atoms with Crippen LogP contribution in [-0.4, -0.2) is 17.7 Å². The van der Waals surface area contributed by atoms with E-state index in [0.29, 0.717) is 21.6 Å². The minimum absolute atomic E-state index is 0.640. The van der Waals surface area contributed by atoms with Gasteiger partial charge in [-0.25, -0.2) is 0 Å². The Morgan fingerprint density at radius 2 is 1.68 bits per heavy atom. The van der Waals surface area contributed by atoms with Gasteiger partial charge in [0.2, 0.25) is 6.19 Å². The molecule has 22 heavy (non-hydrogen) atoms. The van der Waals surface area contributed by atoms with Crippen LogP contribution in [0.3, 0.4) is 0 Å². The summed E-state index contributed by atoms with van der Waals surface area (Å²) < 4.78 is 11.9. The lowest BCUT2D eigenvalue weighted by Gasteiger charge is -2.13. The molecule has 0 saturated heterocycles. The third kappa shape index (κ3) is 4.20. The number of nitriles is 1. The number of hydrogen-bond acceptors (Lipinski definition) is 6. The fraction of sp³-hybridized carbons (Fsp3) is 0.125. The molecule has 0 aliphatic heterocycles. The maximum Gasteiger partial charge on any atom is 0.207 e. The Balaban J connectivity index is 2.29. The first-order valence-electron chi connectivity index (χ1n) is 6.37. The summed E-state index contributed by atoms with van der Waals surface area (Å²) in [7, 11) is 1.61. The van der Waals surface area contributed by atoms with Crippen LogP contribution in [0.2, 0.25) is 0 Å². The number of thioether (sulfide) groups is 2. The highest BCUT2D eigenvalue weighted by molar-refractivity contribution is 8.38. The summed E-state index contributed by atoms with van der Waals surface area (Å²) in [4.78, 5) is 4.67. The highest BCUT2D eigenvalue weighted by Crippen LogP contribution is 2.38. The molecule has 4 nitrogen and oxygen atoms in total. The number of nitrogens with zero attached hydrogens (tertiary/aromatic N) is 2. The second-order valence-electron chi connectivity index (χ2n) is 3.98. The summed E-state index contributed by atoms with van der Waals surface area (Å²) in [5, 5.41) is 8.71. The predicted molar refractivity (Wildman–Crippen MR) is 91.9 cm³/mol. The van der Waals surface area contributed by atoms with Gasteiger partial charge in [0.25, 0.3) is 0 Å². The van der Waals surface area contributed by atoms with Gasteiger partial charge in [0, 0.05) is 0 Å². The zero-order chi connectivity index (χ0) is 15.8. The normalized spacial score (nSPS) is 10.9. The molecule has 0 radical (unpaired) electrons. The van der Waals surface area contributed by atoms with Crippen molar-refractivity contribution in [3.05, 3.63) is 48.5 Å². The molecule has 0 fully saturated rings. The Morgan fingerprint density at radius 3 is 2.32 bits per heavy atom. The van der Waals surface area contributed by atoms with Crippen molar-refractivity contribution in [3.8, 4) is 23.4 Å². The zero-order valence-electron chi connectivity index (χ0n) is 12.1. The van der Waals surface area contributed by atoms with Crippen LogP contribution in [0.4, 0.5) is 0 Å². The molecular formula is C16H14N2O2S2. The molecule has 0 aliphatic rings. The monoisotopic (exact) mass is 330 g/mol. The Hall–Kier alpha value is -2.10. The number of rotatable bonds is 4. The third-order valence-corrected chi connectivity index (χ3v) is 4.66. The number of aliphatic imine (C=N–C) groups is 1. The van der Waals surface area contributed by atoms with E-state index in [1.165, 1.54) is 23.5 Å². The van der Waals surface area contributed by atoms with Crippen LogP contribution in [-0.2, 0) is 0 Å². The first-order valence-corrected chi connectivity index (χ1v) is 8.41. The van der Waals surface area contributed by atoms with Crippen LogP contribution in [0.25, 0.3) is 0 Å². The van der Waals surface area contributed by atoms with Crippen LogP contribution in [0.1, 0.15) is 0 Å². The summed E-state index contributed by atoms with van der Waals surface area (Å²) in [6.45, 7) is 0. The lowest BCUT2D eigenvalue weighted by atomic mass is 10.3. The van der Waals surface area contributed by atoms with Crippen molar-refractivity contribution in [2.75, 3.05) is 13.4 Å². The standard InChI is InChI=1S/C16H14N2O2S2/c1-19-12-7-3-4-8-13(12)20-14-9-5-6-10-15(14)22-16(21-2)18-11-17/h3-10H,1-2H3. The molecular weight excluding hydrogens is 316 g/mol. The van der Waals surface area contributed by atoms with Crippen LogP contribution in [0, 0.1) is 11.5 Å². The van der Waals surface area contributed by atoms with E-state index in [-0.39, 0.29) is 0 Å². The van der Waals surface area contributed by atoms with Crippen molar-refractivity contribution < 1.29 is 9.47 Å². The summed E-state index contributed by atoms with van der Waals surface area (Å²) in [6, 6.07) is 15.1. The van der Waals surface area contributed by atoms with E-state index in [1.807, 2.05) is 61.0 Å². The maximum atomic E-state index is 8.71. The molecule has 0 N–H and O–H groups in total. The van der Waals surface area contributed by atoms with Gasteiger partial charge in [-0.1, -0.05) is 36.0 Å². The lowest BCUT2D eigenvalue weighted by Crippen LogP contribution is -1.92. The third-order valence-electron chi connectivity index (χ3n) is 2.65. The van der Waals surface area contributed by atoms with Crippen molar-refractivity contribution in [1.29, 1.82) is 5.26 Å². The van der Waals surface area contributed by atoms with Crippen molar-refractivity contribution >= 4 is 27.9 Å². The molecule has 0 aromatic heterocycles. The summed E-state index contributed by atoms with van der Waals surface area (Å²) in [5.74, 6) is 2.00. The van der Waals surface area contributed by atoms with Crippen molar-refractivity contribution in [3.63, 3.8) is 0 Å². The van der Waals surface area contributed by atoms with Gasteiger partial charge in [-0.2, -0.15) is 10.3 Å². The fourth-order valence-corrected chi connectivity index (χ4v) is 3.05. The minimum atomic E-state index is 0.640. The molecule has 0 bridgehead atoms. The van der Waals surface area contributed by atoms with Gasteiger partial charge in [-0.15, -0.1) is 11.8 Å². The van der Waals surface area contributed by atoms with Crippen molar-refractivity contribution in [2.45, 2.75) is 4.90 Å². The first-order chi connectivity index (χ1) is 10.8. The lowest BCUT2D eigenvalue weighted by molar-refractivity contribution is 0.376. The molecule has 0 atom stereocenters. The van der Waals surface area contributed by atoms with E-state index in [1.54, 1.807) is 7.11 Å². The topological polar surface area (TPSA) is 54.6 Å². The molecule has 2 aromatic carbocycles. The van der Waals surface area contributed by atoms with Crippen LogP contribution < -0.4 is 9.47 Å². The van der Waals surface area contributed by atoms with E-state index >= 15 is 0 Å². The van der Waals surface area contributed by atoms with Gasteiger partial charge in [0.15, 0.2) is 11.5 Å². The predicted octanol–water partition coefficient (Wildman–Crippen LogP) is 4.78. The van der Waals surface area contributed by atoms with E-state index < -0.39 is 0 Å². The Morgan fingerprint density at radius 1 is 1.05 bits per heavy atom. The van der Waals surface area contributed by atoms with Crippen LogP contribution in [0.5, 0.6) is 17.2 Å². The first kappa shape index (κ1) is 16.3. The van der Waals surface area contributed by atoms with Crippen molar-refractivity contribution in [1.82, 2.24) is 0 Å².